The summed E-state index contributed by atoms with van der Waals surface area (Å²) < 4.78 is 1.88. The minimum absolute atomic E-state index is 0.302. The molecule has 0 atom stereocenters. The van der Waals surface area contributed by atoms with Crippen LogP contribution in [0, 0.1) is 0 Å². The third-order valence-electron chi connectivity index (χ3n) is 4.57. The highest BCUT2D eigenvalue weighted by atomic mass is 16.2. The fourth-order valence-corrected chi connectivity index (χ4v) is 3.06. The van der Waals surface area contributed by atoms with Gasteiger partial charge < -0.3 is 5.73 Å². The second-order valence-corrected chi connectivity index (χ2v) is 6.80. The molecule has 0 saturated carbocycles. The van der Waals surface area contributed by atoms with Gasteiger partial charge in [-0.2, -0.15) is 10.2 Å². The van der Waals surface area contributed by atoms with Gasteiger partial charge in [0.25, 0.3) is 5.91 Å². The first-order chi connectivity index (χ1) is 14.7. The maximum atomic E-state index is 12.3. The van der Waals surface area contributed by atoms with Crippen molar-refractivity contribution in [1.29, 1.82) is 0 Å². The van der Waals surface area contributed by atoms with E-state index >= 15 is 0 Å². The number of carbonyl (C=O) groups is 1. The number of anilines is 1. The molecular formula is C24H21N5O. The summed E-state index contributed by atoms with van der Waals surface area (Å²) in [4.78, 5) is 12.3. The van der Waals surface area contributed by atoms with Gasteiger partial charge in [0.05, 0.1) is 12.8 Å². The molecule has 6 heteroatoms. The zero-order chi connectivity index (χ0) is 20.8. The first-order valence-electron chi connectivity index (χ1n) is 9.55. The number of hydrogen-bond acceptors (Lipinski definition) is 4. The molecule has 4 aromatic rings. The molecule has 1 heterocycles. The van der Waals surface area contributed by atoms with Crippen molar-refractivity contribution in [2.45, 2.75) is 6.54 Å². The van der Waals surface area contributed by atoms with E-state index in [9.17, 15) is 4.79 Å². The monoisotopic (exact) mass is 395 g/mol. The van der Waals surface area contributed by atoms with Crippen LogP contribution < -0.4 is 11.2 Å². The standard InChI is InChI=1S/C24H21N5O/c25-22-13-11-20(12-14-22)24(30)27-26-15-21-17-29(16-18-7-3-1-4-8-18)28-23(21)19-9-5-2-6-10-19/h1-15,17H,16,25H2,(H,27,30)/b26-15-. The van der Waals surface area contributed by atoms with Gasteiger partial charge in [-0.15, -0.1) is 0 Å². The zero-order valence-corrected chi connectivity index (χ0v) is 16.3. The third kappa shape index (κ3) is 4.62. The van der Waals surface area contributed by atoms with E-state index < -0.39 is 0 Å². The number of nitrogen functional groups attached to an aromatic ring is 1. The fourth-order valence-electron chi connectivity index (χ4n) is 3.06. The average molecular weight is 395 g/mol. The van der Waals surface area contributed by atoms with Gasteiger partial charge in [0, 0.05) is 28.6 Å². The number of rotatable bonds is 6. The second-order valence-electron chi connectivity index (χ2n) is 6.80. The Morgan fingerprint density at radius 2 is 1.63 bits per heavy atom. The summed E-state index contributed by atoms with van der Waals surface area (Å²) in [5.74, 6) is -0.302. The molecule has 0 saturated heterocycles. The van der Waals surface area contributed by atoms with Crippen LogP contribution in [-0.4, -0.2) is 21.9 Å². The molecule has 0 aliphatic heterocycles. The normalized spacial score (nSPS) is 10.9. The number of carbonyl (C=O) groups excluding carboxylic acids is 1. The molecule has 0 unspecified atom stereocenters. The quantitative estimate of drug-likeness (QED) is 0.295. The summed E-state index contributed by atoms with van der Waals surface area (Å²) in [6, 6.07) is 26.7. The van der Waals surface area contributed by atoms with Crippen LogP contribution >= 0.6 is 0 Å². The number of hydrogen-bond donors (Lipinski definition) is 2. The molecule has 148 valence electrons. The van der Waals surface area contributed by atoms with Crippen LogP contribution in [0.3, 0.4) is 0 Å². The molecule has 0 spiro atoms. The van der Waals surface area contributed by atoms with Crippen molar-refractivity contribution in [3.8, 4) is 11.3 Å². The minimum atomic E-state index is -0.302. The Balaban J connectivity index is 1.56. The smallest absolute Gasteiger partial charge is 0.271 e. The van der Waals surface area contributed by atoms with E-state index in [1.807, 2.05) is 59.4 Å². The Bertz CT molecular complexity index is 1150. The van der Waals surface area contributed by atoms with E-state index in [0.29, 0.717) is 17.8 Å². The van der Waals surface area contributed by atoms with Crippen LogP contribution in [0.2, 0.25) is 0 Å². The SMILES string of the molecule is Nc1ccc(C(=O)N/N=C\c2cn(Cc3ccccc3)nc2-c2ccccc2)cc1. The zero-order valence-electron chi connectivity index (χ0n) is 16.3. The fraction of sp³-hybridized carbons (Fsp3) is 0.0417. The molecule has 3 N–H and O–H groups in total. The van der Waals surface area contributed by atoms with Crippen molar-refractivity contribution >= 4 is 17.8 Å². The molecule has 1 aromatic heterocycles. The highest BCUT2D eigenvalue weighted by molar-refractivity contribution is 5.95. The molecule has 0 fully saturated rings. The van der Waals surface area contributed by atoms with Gasteiger partial charge in [-0.3, -0.25) is 9.48 Å². The van der Waals surface area contributed by atoms with E-state index in [-0.39, 0.29) is 5.91 Å². The van der Waals surface area contributed by atoms with Crippen LogP contribution in [0.5, 0.6) is 0 Å². The molecule has 4 rings (SSSR count). The number of nitrogens with one attached hydrogen (secondary N) is 1. The summed E-state index contributed by atoms with van der Waals surface area (Å²) in [6.45, 7) is 0.645. The third-order valence-corrected chi connectivity index (χ3v) is 4.57. The maximum Gasteiger partial charge on any atom is 0.271 e. The van der Waals surface area contributed by atoms with E-state index in [1.165, 1.54) is 0 Å². The van der Waals surface area contributed by atoms with Crippen LogP contribution in [0.1, 0.15) is 21.5 Å². The predicted octanol–water partition coefficient (Wildman–Crippen LogP) is 3.94. The number of amides is 1. The van der Waals surface area contributed by atoms with E-state index in [0.717, 1.165) is 22.4 Å². The lowest BCUT2D eigenvalue weighted by Crippen LogP contribution is -2.17. The molecule has 0 radical (unpaired) electrons. The van der Waals surface area contributed by atoms with Gasteiger partial charge in [-0.1, -0.05) is 60.7 Å². The van der Waals surface area contributed by atoms with Gasteiger partial charge in [-0.25, -0.2) is 5.43 Å². The Morgan fingerprint density at radius 1 is 0.967 bits per heavy atom. The summed E-state index contributed by atoms with van der Waals surface area (Å²) in [6.07, 6.45) is 3.54. The van der Waals surface area contributed by atoms with Gasteiger partial charge in [-0.05, 0) is 29.8 Å². The molecule has 1 amide bonds. The van der Waals surface area contributed by atoms with Crippen molar-refractivity contribution in [2.24, 2.45) is 5.10 Å². The number of nitrogens with two attached hydrogens (primary N) is 1. The Labute approximate surface area is 174 Å². The van der Waals surface area contributed by atoms with Crippen molar-refractivity contribution in [3.63, 3.8) is 0 Å². The van der Waals surface area contributed by atoms with Gasteiger partial charge in [0.1, 0.15) is 5.69 Å². The highest BCUT2D eigenvalue weighted by Crippen LogP contribution is 2.21. The number of hydrazone groups is 1. The topological polar surface area (TPSA) is 85.3 Å². The number of aromatic nitrogens is 2. The second kappa shape index (κ2) is 8.87. The van der Waals surface area contributed by atoms with Gasteiger partial charge >= 0.3 is 0 Å². The van der Waals surface area contributed by atoms with Crippen LogP contribution in [0.25, 0.3) is 11.3 Å². The van der Waals surface area contributed by atoms with E-state index in [1.54, 1.807) is 30.5 Å². The molecule has 0 aliphatic rings. The highest BCUT2D eigenvalue weighted by Gasteiger charge is 2.10. The largest absolute Gasteiger partial charge is 0.399 e. The molecule has 30 heavy (non-hydrogen) atoms. The molecule has 0 bridgehead atoms. The van der Waals surface area contributed by atoms with E-state index in [2.05, 4.69) is 22.7 Å². The van der Waals surface area contributed by atoms with E-state index in [4.69, 9.17) is 10.8 Å². The Morgan fingerprint density at radius 3 is 2.33 bits per heavy atom. The Kier molecular flexibility index (Phi) is 5.66. The van der Waals surface area contributed by atoms with Gasteiger partial charge in [0.15, 0.2) is 0 Å². The summed E-state index contributed by atoms with van der Waals surface area (Å²) >= 11 is 0. The van der Waals surface area contributed by atoms with Gasteiger partial charge in [0.2, 0.25) is 0 Å². The molecular weight excluding hydrogens is 374 g/mol. The van der Waals surface area contributed by atoms with Crippen molar-refractivity contribution in [1.82, 2.24) is 15.2 Å². The first kappa shape index (κ1) is 19.1. The first-order valence-corrected chi connectivity index (χ1v) is 9.55. The lowest BCUT2D eigenvalue weighted by molar-refractivity contribution is 0.0955. The van der Waals surface area contributed by atoms with Crippen LogP contribution in [0.15, 0.2) is 96.2 Å². The maximum absolute atomic E-state index is 12.3. The number of nitrogens with zero attached hydrogens (tertiary/aromatic N) is 3. The van der Waals surface area contributed by atoms with Crippen LogP contribution in [-0.2, 0) is 6.54 Å². The lowest BCUT2D eigenvalue weighted by Gasteiger charge is -2.01. The summed E-state index contributed by atoms with van der Waals surface area (Å²) in [5.41, 5.74) is 13.1. The van der Waals surface area contributed by atoms with Crippen molar-refractivity contribution in [2.75, 3.05) is 5.73 Å². The molecule has 3 aromatic carbocycles. The number of benzene rings is 3. The molecule has 0 aliphatic carbocycles. The van der Waals surface area contributed by atoms with Crippen LogP contribution in [0.4, 0.5) is 5.69 Å². The van der Waals surface area contributed by atoms with Crippen molar-refractivity contribution < 1.29 is 4.79 Å². The summed E-state index contributed by atoms with van der Waals surface area (Å²) in [7, 11) is 0. The summed E-state index contributed by atoms with van der Waals surface area (Å²) in [5, 5.41) is 8.88. The molecule has 6 nitrogen and oxygen atoms in total. The lowest BCUT2D eigenvalue weighted by atomic mass is 10.1. The van der Waals surface area contributed by atoms with Crippen molar-refractivity contribution in [3.05, 3.63) is 108 Å². The minimum Gasteiger partial charge on any atom is -0.399 e. The Hall–Kier alpha value is -4.19. The average Bonchev–Trinajstić information content (AvgIpc) is 3.18. The predicted molar refractivity (Wildman–Crippen MR) is 119 cm³/mol.